The average molecular weight is 351 g/mol. The molecule has 0 nitrogen and oxygen atoms in total. The van der Waals surface area contributed by atoms with Crippen LogP contribution in [0.1, 0.15) is 45.2 Å². The third-order valence-corrected chi connectivity index (χ3v) is 6.42. The van der Waals surface area contributed by atoms with Crippen LogP contribution in [0.2, 0.25) is 0 Å². The van der Waals surface area contributed by atoms with E-state index < -0.39 is 0 Å². The molecule has 0 amide bonds. The first-order chi connectivity index (χ1) is 12.9. The molecule has 0 radical (unpaired) electrons. The van der Waals surface area contributed by atoms with Gasteiger partial charge in [0.1, 0.15) is 0 Å². The molecule has 1 aliphatic carbocycles. The molecule has 0 N–H and O–H groups in total. The summed E-state index contributed by atoms with van der Waals surface area (Å²) >= 11 is 0. The number of hydrogen-bond acceptors (Lipinski definition) is 0. The molecule has 0 spiro atoms. The van der Waals surface area contributed by atoms with Crippen LogP contribution in [-0.2, 0) is 10.8 Å². The second-order valence-electron chi connectivity index (χ2n) is 9.36. The molecule has 0 aromatic heterocycles. The van der Waals surface area contributed by atoms with Gasteiger partial charge in [-0.25, -0.2) is 0 Å². The maximum Gasteiger partial charge on any atom is -0.00862 e. The van der Waals surface area contributed by atoms with Gasteiger partial charge in [0, 0.05) is 0 Å². The summed E-state index contributed by atoms with van der Waals surface area (Å²) in [7, 11) is 0. The molecule has 5 rings (SSSR count). The Kier molecular flexibility index (Phi) is 3.35. The van der Waals surface area contributed by atoms with E-state index >= 15 is 0 Å². The Morgan fingerprint density at radius 1 is 0.593 bits per heavy atom. The molecule has 0 saturated carbocycles. The largest absolute Gasteiger partial charge is 0.0622 e. The fourth-order valence-corrected chi connectivity index (χ4v) is 5.62. The highest BCUT2D eigenvalue weighted by Crippen LogP contribution is 2.53. The quantitative estimate of drug-likeness (QED) is 0.310. The predicted molar refractivity (Wildman–Crippen MR) is 118 cm³/mol. The minimum Gasteiger partial charge on any atom is -0.0622 e. The first kappa shape index (κ1) is 16.6. The first-order valence-electron chi connectivity index (χ1n) is 9.93. The summed E-state index contributed by atoms with van der Waals surface area (Å²) < 4.78 is 0. The van der Waals surface area contributed by atoms with Crippen molar-refractivity contribution in [2.75, 3.05) is 0 Å². The van der Waals surface area contributed by atoms with Crippen LogP contribution in [0.5, 0.6) is 0 Å². The number of benzene rings is 4. The van der Waals surface area contributed by atoms with Crippen molar-refractivity contribution in [3.63, 3.8) is 0 Å². The normalized spacial score (nSPS) is 17.3. The summed E-state index contributed by atoms with van der Waals surface area (Å²) in [5.74, 6) is 0. The van der Waals surface area contributed by atoms with Gasteiger partial charge in [-0.15, -0.1) is 0 Å². The first-order valence-corrected chi connectivity index (χ1v) is 9.93. The topological polar surface area (TPSA) is 0 Å². The lowest BCUT2D eigenvalue weighted by Gasteiger charge is -2.23. The van der Waals surface area contributed by atoms with E-state index in [1.807, 2.05) is 0 Å². The highest BCUT2D eigenvalue weighted by atomic mass is 14.5. The molecule has 0 unspecified atom stereocenters. The minimum atomic E-state index is 0.189. The van der Waals surface area contributed by atoms with Gasteiger partial charge in [0.05, 0.1) is 0 Å². The summed E-state index contributed by atoms with van der Waals surface area (Å²) in [5, 5.41) is 5.51. The van der Waals surface area contributed by atoms with Crippen molar-refractivity contribution in [2.24, 2.45) is 0 Å². The van der Waals surface area contributed by atoms with E-state index in [0.29, 0.717) is 0 Å². The van der Waals surface area contributed by atoms with Gasteiger partial charge in [-0.2, -0.15) is 0 Å². The van der Waals surface area contributed by atoms with Gasteiger partial charge < -0.3 is 0 Å². The lowest BCUT2D eigenvalue weighted by atomic mass is 9.80. The molecule has 0 atom stereocenters. The van der Waals surface area contributed by atoms with Crippen molar-refractivity contribution in [2.45, 2.75) is 44.9 Å². The fourth-order valence-electron chi connectivity index (χ4n) is 5.62. The summed E-state index contributed by atoms with van der Waals surface area (Å²) in [5.41, 5.74) is 6.12. The van der Waals surface area contributed by atoms with Crippen molar-refractivity contribution < 1.29 is 0 Å². The second-order valence-corrected chi connectivity index (χ2v) is 9.36. The van der Waals surface area contributed by atoms with Gasteiger partial charge in [-0.1, -0.05) is 94.4 Å². The van der Waals surface area contributed by atoms with Crippen LogP contribution in [0.15, 0.2) is 72.8 Å². The van der Waals surface area contributed by atoms with Gasteiger partial charge in [0.25, 0.3) is 0 Å². The van der Waals surface area contributed by atoms with E-state index in [-0.39, 0.29) is 10.8 Å². The molecule has 4 aromatic rings. The average Bonchev–Trinajstić information content (AvgIpc) is 2.85. The zero-order valence-electron chi connectivity index (χ0n) is 16.6. The molecule has 0 heteroatoms. The van der Waals surface area contributed by atoms with E-state index in [4.69, 9.17) is 0 Å². The molecular weight excluding hydrogens is 324 g/mol. The summed E-state index contributed by atoms with van der Waals surface area (Å²) in [6.45, 7) is 9.62. The van der Waals surface area contributed by atoms with Crippen LogP contribution in [0.4, 0.5) is 0 Å². The number of rotatable bonds is 1. The van der Waals surface area contributed by atoms with E-state index in [1.165, 1.54) is 44.7 Å². The molecule has 0 fully saturated rings. The molecular formula is C27H26. The maximum absolute atomic E-state index is 2.45. The minimum absolute atomic E-state index is 0.189. The van der Waals surface area contributed by atoms with Crippen LogP contribution in [0.3, 0.4) is 0 Å². The van der Waals surface area contributed by atoms with Crippen LogP contribution in [-0.4, -0.2) is 0 Å². The smallest absolute Gasteiger partial charge is 0.00862 e. The van der Waals surface area contributed by atoms with E-state index in [2.05, 4.69) is 100 Å². The molecule has 1 aliphatic rings. The highest BCUT2D eigenvalue weighted by Gasteiger charge is 2.42. The van der Waals surface area contributed by atoms with Crippen LogP contribution >= 0.6 is 0 Å². The van der Waals surface area contributed by atoms with Crippen molar-refractivity contribution in [1.29, 1.82) is 0 Å². The number of hydrogen-bond donors (Lipinski definition) is 0. The summed E-state index contributed by atoms with van der Waals surface area (Å²) in [4.78, 5) is 0. The SMILES string of the molecule is CC1(C)CC(C)(C)c2c1ccc1c2cc(-c2ccccc2)c2ccccc21. The van der Waals surface area contributed by atoms with Crippen molar-refractivity contribution in [1.82, 2.24) is 0 Å². The summed E-state index contributed by atoms with van der Waals surface area (Å²) in [6.07, 6.45) is 1.20. The third-order valence-electron chi connectivity index (χ3n) is 6.42. The highest BCUT2D eigenvalue weighted by molar-refractivity contribution is 6.15. The summed E-state index contributed by atoms with van der Waals surface area (Å²) in [6, 6.07) is 26.9. The molecule has 0 heterocycles. The monoisotopic (exact) mass is 350 g/mol. The predicted octanol–water partition coefficient (Wildman–Crippen LogP) is 7.62. The van der Waals surface area contributed by atoms with Gasteiger partial charge in [0.15, 0.2) is 0 Å². The van der Waals surface area contributed by atoms with Crippen LogP contribution < -0.4 is 0 Å². The van der Waals surface area contributed by atoms with Gasteiger partial charge in [-0.05, 0) is 67.1 Å². The molecule has 0 bridgehead atoms. The Hall–Kier alpha value is -2.60. The molecule has 134 valence electrons. The third kappa shape index (κ3) is 2.36. The van der Waals surface area contributed by atoms with Crippen LogP contribution in [0, 0.1) is 0 Å². The lowest BCUT2D eigenvalue weighted by Crippen LogP contribution is -2.18. The van der Waals surface area contributed by atoms with E-state index in [9.17, 15) is 0 Å². The van der Waals surface area contributed by atoms with E-state index in [0.717, 1.165) is 0 Å². The second kappa shape index (κ2) is 5.45. The Morgan fingerprint density at radius 3 is 1.96 bits per heavy atom. The van der Waals surface area contributed by atoms with Gasteiger partial charge >= 0.3 is 0 Å². The zero-order valence-corrected chi connectivity index (χ0v) is 16.6. The Balaban J connectivity index is 1.98. The molecule has 0 aliphatic heterocycles. The fraction of sp³-hybridized carbons (Fsp3) is 0.259. The maximum atomic E-state index is 2.45. The Labute approximate surface area is 161 Å². The molecule has 27 heavy (non-hydrogen) atoms. The van der Waals surface area contributed by atoms with Crippen molar-refractivity contribution >= 4 is 21.5 Å². The Morgan fingerprint density at radius 2 is 1.22 bits per heavy atom. The van der Waals surface area contributed by atoms with Gasteiger partial charge in [0.2, 0.25) is 0 Å². The standard InChI is InChI=1S/C27H26/c1-26(2)17-27(3,4)25-23-16-22(18-10-6-5-7-11-18)20-13-9-8-12-19(20)21(23)14-15-24(25)26/h5-16H,17H2,1-4H3. The van der Waals surface area contributed by atoms with E-state index in [1.54, 1.807) is 5.56 Å². The van der Waals surface area contributed by atoms with Crippen molar-refractivity contribution in [3.8, 4) is 11.1 Å². The van der Waals surface area contributed by atoms with Crippen LogP contribution in [0.25, 0.3) is 32.7 Å². The van der Waals surface area contributed by atoms with Gasteiger partial charge in [-0.3, -0.25) is 0 Å². The molecule has 4 aromatic carbocycles. The Bertz CT molecular complexity index is 1180. The zero-order chi connectivity index (χ0) is 18.8. The molecule has 0 saturated heterocycles. The number of fused-ring (bicyclic) bond motifs is 5. The van der Waals surface area contributed by atoms with Crippen molar-refractivity contribution in [3.05, 3.63) is 83.9 Å². The lowest BCUT2D eigenvalue weighted by molar-refractivity contribution is 0.404.